The van der Waals surface area contributed by atoms with Crippen LogP contribution in [-0.4, -0.2) is 24.6 Å². The van der Waals surface area contributed by atoms with Crippen molar-refractivity contribution in [2.45, 2.75) is 13.0 Å². The van der Waals surface area contributed by atoms with Crippen LogP contribution < -0.4 is 15.5 Å². The number of ether oxygens (including phenoxy) is 1. The Morgan fingerprint density at radius 3 is 2.41 bits per heavy atom. The molecule has 32 heavy (non-hydrogen) atoms. The van der Waals surface area contributed by atoms with Crippen LogP contribution in [0.2, 0.25) is 10.0 Å². The molecule has 0 saturated carbocycles. The van der Waals surface area contributed by atoms with E-state index >= 15 is 0 Å². The minimum atomic E-state index is -0.847. The maximum absolute atomic E-state index is 11.9. The average Bonchev–Trinajstić information content (AvgIpc) is 2.80. The lowest BCUT2D eigenvalue weighted by molar-refractivity contribution is -0.139. The molecule has 0 fully saturated rings. The molecule has 0 unspecified atom stereocenters. The summed E-state index contributed by atoms with van der Waals surface area (Å²) in [6.07, 6.45) is 2.02. The third-order valence-electron chi connectivity index (χ3n) is 4.42. The van der Waals surface area contributed by atoms with Crippen LogP contribution in [0.1, 0.15) is 16.7 Å². The third kappa shape index (κ3) is 7.11. The van der Waals surface area contributed by atoms with Gasteiger partial charge in [0.05, 0.1) is 11.2 Å². The topological polar surface area (TPSA) is 79.8 Å². The number of rotatable bonds is 8. The molecule has 0 atom stereocenters. The summed E-state index contributed by atoms with van der Waals surface area (Å²) in [6.45, 7) is 0.632. The van der Waals surface area contributed by atoms with Gasteiger partial charge in [0.15, 0.2) is 0 Å². The molecule has 0 aromatic heterocycles. The summed E-state index contributed by atoms with van der Waals surface area (Å²) in [6, 6.07) is 22.1. The summed E-state index contributed by atoms with van der Waals surface area (Å²) in [5.41, 5.74) is 4.75. The number of nitrogens with one attached hydrogen (secondary N) is 2. The van der Waals surface area contributed by atoms with Gasteiger partial charge in [0.1, 0.15) is 12.4 Å². The molecule has 0 bridgehead atoms. The molecule has 0 saturated heterocycles. The highest BCUT2D eigenvalue weighted by Gasteiger charge is 2.11. The molecule has 2 N–H and O–H groups in total. The zero-order valence-corrected chi connectivity index (χ0v) is 18.6. The van der Waals surface area contributed by atoms with Gasteiger partial charge in [-0.2, -0.15) is 5.10 Å². The molecule has 2 amide bonds. The summed E-state index contributed by atoms with van der Waals surface area (Å²) in [5.74, 6) is -1.11. The number of benzene rings is 3. The molecule has 3 rings (SSSR count). The van der Waals surface area contributed by atoms with Gasteiger partial charge < -0.3 is 10.1 Å². The minimum Gasteiger partial charge on any atom is -0.487 e. The van der Waals surface area contributed by atoms with E-state index in [1.807, 2.05) is 48.5 Å². The zero-order valence-electron chi connectivity index (χ0n) is 17.1. The van der Waals surface area contributed by atoms with E-state index in [1.54, 1.807) is 24.3 Å². The standard InChI is InChI=1S/C24H21Cl2N3O3/c25-20-9-5-4-8-19(20)16-32-22-11-10-18(14-21(22)26)15-28-29-24(31)23(30)27-13-12-17-6-2-1-3-7-17/h1-11,14-15H,12-13,16H2,(H,27,30)(H,29,31)/b28-15-. The van der Waals surface area contributed by atoms with E-state index in [1.165, 1.54) is 6.21 Å². The van der Waals surface area contributed by atoms with E-state index in [9.17, 15) is 9.59 Å². The Kier molecular flexibility index (Phi) is 8.66. The van der Waals surface area contributed by atoms with Gasteiger partial charge >= 0.3 is 11.8 Å². The predicted molar refractivity (Wildman–Crippen MR) is 126 cm³/mol. The molecule has 0 heterocycles. The number of hydrogen-bond acceptors (Lipinski definition) is 4. The van der Waals surface area contributed by atoms with E-state index in [0.717, 1.165) is 11.1 Å². The minimum absolute atomic E-state index is 0.280. The number of nitrogens with zero attached hydrogens (tertiary/aromatic N) is 1. The first kappa shape index (κ1) is 23.3. The quantitative estimate of drug-likeness (QED) is 0.291. The molecule has 0 aliphatic carbocycles. The van der Waals surface area contributed by atoms with Crippen LogP contribution in [0.25, 0.3) is 0 Å². The van der Waals surface area contributed by atoms with Gasteiger partial charge in [-0.05, 0) is 41.8 Å². The molecule has 0 aliphatic heterocycles. The van der Waals surface area contributed by atoms with Gasteiger partial charge in [0.2, 0.25) is 0 Å². The SMILES string of the molecule is O=C(NCCc1ccccc1)C(=O)N/N=C\c1ccc(OCc2ccccc2Cl)c(Cl)c1. The summed E-state index contributed by atoms with van der Waals surface area (Å²) in [5, 5.41) is 7.36. The van der Waals surface area contributed by atoms with Gasteiger partial charge in [-0.3, -0.25) is 9.59 Å². The Hall–Kier alpha value is -3.35. The Morgan fingerprint density at radius 1 is 0.906 bits per heavy atom. The van der Waals surface area contributed by atoms with Gasteiger partial charge in [-0.1, -0.05) is 71.7 Å². The summed E-state index contributed by atoms with van der Waals surface area (Å²) >= 11 is 12.4. The van der Waals surface area contributed by atoms with Crippen LogP contribution in [-0.2, 0) is 22.6 Å². The van der Waals surface area contributed by atoms with Gasteiger partial charge in [0, 0.05) is 17.1 Å². The van der Waals surface area contributed by atoms with Crippen molar-refractivity contribution in [3.05, 3.63) is 99.5 Å². The fraction of sp³-hybridized carbons (Fsp3) is 0.125. The number of hydrazone groups is 1. The van der Waals surface area contributed by atoms with Crippen molar-refractivity contribution in [1.82, 2.24) is 10.7 Å². The molecule has 3 aromatic carbocycles. The van der Waals surface area contributed by atoms with Crippen molar-refractivity contribution in [2.24, 2.45) is 5.10 Å². The first-order chi connectivity index (χ1) is 15.5. The maximum Gasteiger partial charge on any atom is 0.329 e. The van der Waals surface area contributed by atoms with Gasteiger partial charge in [-0.25, -0.2) is 5.43 Å². The Balaban J connectivity index is 1.45. The largest absolute Gasteiger partial charge is 0.487 e. The van der Waals surface area contributed by atoms with Crippen LogP contribution in [0.15, 0.2) is 77.9 Å². The molecular formula is C24H21Cl2N3O3. The van der Waals surface area contributed by atoms with E-state index in [2.05, 4.69) is 15.8 Å². The normalized spacial score (nSPS) is 10.7. The molecule has 0 radical (unpaired) electrons. The summed E-state index contributed by atoms with van der Waals surface area (Å²) in [7, 11) is 0. The van der Waals surface area contributed by atoms with E-state index in [-0.39, 0.29) is 6.61 Å². The van der Waals surface area contributed by atoms with Crippen LogP contribution in [0.3, 0.4) is 0 Å². The highest BCUT2D eigenvalue weighted by atomic mass is 35.5. The lowest BCUT2D eigenvalue weighted by Crippen LogP contribution is -2.38. The lowest BCUT2D eigenvalue weighted by Gasteiger charge is -2.09. The predicted octanol–water partition coefficient (Wildman–Crippen LogP) is 4.38. The second-order valence-electron chi connectivity index (χ2n) is 6.76. The fourth-order valence-corrected chi connectivity index (χ4v) is 3.18. The fourth-order valence-electron chi connectivity index (χ4n) is 2.75. The highest BCUT2D eigenvalue weighted by molar-refractivity contribution is 6.35. The van der Waals surface area contributed by atoms with Crippen LogP contribution in [0, 0.1) is 0 Å². The Morgan fingerprint density at radius 2 is 1.66 bits per heavy atom. The van der Waals surface area contributed by atoms with Crippen molar-refractivity contribution in [3.8, 4) is 5.75 Å². The summed E-state index contributed by atoms with van der Waals surface area (Å²) in [4.78, 5) is 23.7. The molecule has 3 aromatic rings. The molecular weight excluding hydrogens is 449 g/mol. The molecule has 8 heteroatoms. The van der Waals surface area contributed by atoms with Crippen molar-refractivity contribution < 1.29 is 14.3 Å². The maximum atomic E-state index is 11.9. The lowest BCUT2D eigenvalue weighted by atomic mass is 10.1. The average molecular weight is 470 g/mol. The number of hydrogen-bond donors (Lipinski definition) is 2. The number of amides is 2. The monoisotopic (exact) mass is 469 g/mol. The van der Waals surface area contributed by atoms with E-state index in [4.69, 9.17) is 27.9 Å². The molecule has 0 aliphatic rings. The smallest absolute Gasteiger partial charge is 0.329 e. The van der Waals surface area contributed by atoms with Crippen molar-refractivity contribution in [1.29, 1.82) is 0 Å². The van der Waals surface area contributed by atoms with Gasteiger partial charge in [0.25, 0.3) is 0 Å². The van der Waals surface area contributed by atoms with Crippen LogP contribution in [0.5, 0.6) is 5.75 Å². The van der Waals surface area contributed by atoms with E-state index in [0.29, 0.717) is 34.3 Å². The van der Waals surface area contributed by atoms with Gasteiger partial charge in [-0.15, -0.1) is 0 Å². The number of carbonyl (C=O) groups excluding carboxylic acids is 2. The van der Waals surface area contributed by atoms with Crippen molar-refractivity contribution in [3.63, 3.8) is 0 Å². The van der Waals surface area contributed by atoms with Crippen LogP contribution in [0.4, 0.5) is 0 Å². The highest BCUT2D eigenvalue weighted by Crippen LogP contribution is 2.26. The third-order valence-corrected chi connectivity index (χ3v) is 5.09. The molecule has 6 nitrogen and oxygen atoms in total. The second kappa shape index (κ2) is 11.9. The van der Waals surface area contributed by atoms with Crippen LogP contribution >= 0.6 is 23.2 Å². The molecule has 164 valence electrons. The first-order valence-corrected chi connectivity index (χ1v) is 10.6. The Bertz CT molecular complexity index is 1100. The Labute approximate surface area is 196 Å². The number of halogens is 2. The van der Waals surface area contributed by atoms with Crippen molar-refractivity contribution >= 4 is 41.2 Å². The zero-order chi connectivity index (χ0) is 22.8. The van der Waals surface area contributed by atoms with Crippen molar-refractivity contribution in [2.75, 3.05) is 6.54 Å². The van der Waals surface area contributed by atoms with E-state index < -0.39 is 11.8 Å². The second-order valence-corrected chi connectivity index (χ2v) is 7.57. The number of carbonyl (C=O) groups is 2. The first-order valence-electron chi connectivity index (χ1n) is 9.84. The molecule has 0 spiro atoms. The summed E-state index contributed by atoms with van der Waals surface area (Å²) < 4.78 is 5.72.